The second-order valence-electron chi connectivity index (χ2n) is 4.04. The first-order valence-corrected chi connectivity index (χ1v) is 6.17. The van der Waals surface area contributed by atoms with Crippen molar-refractivity contribution in [1.29, 1.82) is 0 Å². The van der Waals surface area contributed by atoms with E-state index in [2.05, 4.69) is 0 Å². The second-order valence-corrected chi connectivity index (χ2v) is 4.45. The molecule has 0 bridgehead atoms. The molecule has 0 saturated heterocycles. The van der Waals surface area contributed by atoms with Crippen LogP contribution in [0.15, 0.2) is 42.5 Å². The van der Waals surface area contributed by atoms with Gasteiger partial charge in [0.05, 0.1) is 5.02 Å². The first-order chi connectivity index (χ1) is 9.95. The number of ether oxygens (including phenoxy) is 1. The van der Waals surface area contributed by atoms with Crippen molar-refractivity contribution in [3.05, 3.63) is 64.7 Å². The normalized spacial score (nSPS) is 10.8. The van der Waals surface area contributed by atoms with Crippen LogP contribution in [0, 0.1) is 11.6 Å². The molecule has 0 aliphatic heterocycles. The van der Waals surface area contributed by atoms with Crippen LogP contribution >= 0.6 is 11.6 Å². The maximum absolute atomic E-state index is 13.5. The maximum Gasteiger partial charge on any atom is 0.328 e. The lowest BCUT2D eigenvalue weighted by Gasteiger charge is -2.09. The first-order valence-electron chi connectivity index (χ1n) is 5.79. The SMILES string of the molecule is O=C(O)/C=C/c1ccc(Oc2cc(F)ccc2F)c(Cl)c1. The van der Waals surface area contributed by atoms with Crippen LogP contribution in [-0.2, 0) is 4.79 Å². The van der Waals surface area contributed by atoms with Gasteiger partial charge in [-0.15, -0.1) is 0 Å². The van der Waals surface area contributed by atoms with Gasteiger partial charge in [0.25, 0.3) is 0 Å². The largest absolute Gasteiger partial charge is 0.478 e. The fraction of sp³-hybridized carbons (Fsp3) is 0. The molecule has 0 spiro atoms. The Labute approximate surface area is 124 Å². The highest BCUT2D eigenvalue weighted by Crippen LogP contribution is 2.32. The van der Waals surface area contributed by atoms with Crippen LogP contribution < -0.4 is 4.74 Å². The van der Waals surface area contributed by atoms with Crippen LogP contribution in [0.2, 0.25) is 5.02 Å². The number of halogens is 3. The van der Waals surface area contributed by atoms with Crippen LogP contribution in [0.4, 0.5) is 8.78 Å². The summed E-state index contributed by atoms with van der Waals surface area (Å²) in [5.41, 5.74) is 0.537. The lowest BCUT2D eigenvalue weighted by Crippen LogP contribution is -1.91. The molecule has 0 aliphatic rings. The number of carbonyl (C=O) groups is 1. The Morgan fingerprint density at radius 1 is 1.14 bits per heavy atom. The molecule has 0 atom stereocenters. The van der Waals surface area contributed by atoms with E-state index in [0.29, 0.717) is 5.56 Å². The monoisotopic (exact) mass is 310 g/mol. The van der Waals surface area contributed by atoms with Crippen molar-refractivity contribution in [1.82, 2.24) is 0 Å². The van der Waals surface area contributed by atoms with Gasteiger partial charge in [0.1, 0.15) is 11.6 Å². The molecule has 0 unspecified atom stereocenters. The summed E-state index contributed by atoms with van der Waals surface area (Å²) >= 11 is 5.96. The number of hydrogen-bond acceptors (Lipinski definition) is 2. The van der Waals surface area contributed by atoms with Crippen LogP contribution in [0.1, 0.15) is 5.56 Å². The van der Waals surface area contributed by atoms with Crippen LogP contribution in [0.25, 0.3) is 6.08 Å². The van der Waals surface area contributed by atoms with E-state index in [0.717, 1.165) is 24.3 Å². The van der Waals surface area contributed by atoms with Gasteiger partial charge in [-0.05, 0) is 35.9 Å². The molecule has 0 aromatic heterocycles. The number of carboxylic acids is 1. The molecule has 0 heterocycles. The third-order valence-corrected chi connectivity index (χ3v) is 2.78. The van der Waals surface area contributed by atoms with Crippen LogP contribution in [0.5, 0.6) is 11.5 Å². The zero-order chi connectivity index (χ0) is 15.4. The number of rotatable bonds is 4. The van der Waals surface area contributed by atoms with Crippen LogP contribution in [-0.4, -0.2) is 11.1 Å². The lowest BCUT2D eigenvalue weighted by molar-refractivity contribution is -0.131. The number of benzene rings is 2. The third-order valence-electron chi connectivity index (χ3n) is 2.49. The third kappa shape index (κ3) is 4.03. The zero-order valence-electron chi connectivity index (χ0n) is 10.5. The molecular weight excluding hydrogens is 302 g/mol. The molecule has 2 aromatic carbocycles. The second kappa shape index (κ2) is 6.37. The molecule has 21 heavy (non-hydrogen) atoms. The minimum Gasteiger partial charge on any atom is -0.478 e. The molecule has 0 fully saturated rings. The molecule has 6 heteroatoms. The van der Waals surface area contributed by atoms with Crippen LogP contribution in [0.3, 0.4) is 0 Å². The van der Waals surface area contributed by atoms with Crippen molar-refractivity contribution in [3.63, 3.8) is 0 Å². The standard InChI is InChI=1S/C15H9ClF2O3/c16-11-7-9(2-6-15(19)20)1-5-13(11)21-14-8-10(17)3-4-12(14)18/h1-8H,(H,19,20)/b6-2+. The molecule has 2 aromatic rings. The molecule has 0 radical (unpaired) electrons. The van der Waals surface area contributed by atoms with Gasteiger partial charge >= 0.3 is 5.97 Å². The summed E-state index contributed by atoms with van der Waals surface area (Å²) in [5, 5.41) is 8.67. The molecule has 2 rings (SSSR count). The van der Waals surface area contributed by atoms with Gasteiger partial charge in [-0.2, -0.15) is 0 Å². The Bertz CT molecular complexity index is 714. The Morgan fingerprint density at radius 3 is 2.57 bits per heavy atom. The van der Waals surface area contributed by atoms with Gasteiger partial charge in [0.15, 0.2) is 11.6 Å². The molecule has 0 amide bonds. The summed E-state index contributed by atoms with van der Waals surface area (Å²) in [6, 6.07) is 7.26. The van der Waals surface area contributed by atoms with E-state index in [4.69, 9.17) is 21.4 Å². The van der Waals surface area contributed by atoms with E-state index >= 15 is 0 Å². The number of carboxylic acid groups (broad SMARTS) is 1. The van der Waals surface area contributed by atoms with Crippen molar-refractivity contribution < 1.29 is 23.4 Å². The quantitative estimate of drug-likeness (QED) is 0.845. The Morgan fingerprint density at radius 2 is 1.90 bits per heavy atom. The summed E-state index contributed by atoms with van der Waals surface area (Å²) in [6.07, 6.45) is 2.30. The van der Waals surface area contributed by atoms with Gasteiger partial charge in [0, 0.05) is 12.1 Å². The summed E-state index contributed by atoms with van der Waals surface area (Å²) in [7, 11) is 0. The zero-order valence-corrected chi connectivity index (χ0v) is 11.3. The maximum atomic E-state index is 13.5. The highest BCUT2D eigenvalue weighted by atomic mass is 35.5. The van der Waals surface area contributed by atoms with E-state index in [9.17, 15) is 13.6 Å². The van der Waals surface area contributed by atoms with E-state index in [1.807, 2.05) is 0 Å². The van der Waals surface area contributed by atoms with E-state index in [1.54, 1.807) is 0 Å². The molecule has 0 aliphatic carbocycles. The van der Waals surface area contributed by atoms with Crippen molar-refractivity contribution in [3.8, 4) is 11.5 Å². The van der Waals surface area contributed by atoms with Crippen molar-refractivity contribution in [2.75, 3.05) is 0 Å². The van der Waals surface area contributed by atoms with Gasteiger partial charge in [-0.1, -0.05) is 17.7 Å². The summed E-state index contributed by atoms with van der Waals surface area (Å²) in [4.78, 5) is 10.4. The van der Waals surface area contributed by atoms with E-state index in [1.165, 1.54) is 24.3 Å². The minimum atomic E-state index is -1.09. The van der Waals surface area contributed by atoms with Crippen molar-refractivity contribution >= 4 is 23.6 Å². The highest BCUT2D eigenvalue weighted by Gasteiger charge is 2.09. The Hall–Kier alpha value is -2.40. The predicted molar refractivity (Wildman–Crippen MR) is 74.6 cm³/mol. The van der Waals surface area contributed by atoms with E-state index < -0.39 is 17.6 Å². The van der Waals surface area contributed by atoms with Crippen molar-refractivity contribution in [2.24, 2.45) is 0 Å². The number of hydrogen-bond donors (Lipinski definition) is 1. The average Bonchev–Trinajstić information content (AvgIpc) is 2.43. The van der Waals surface area contributed by atoms with Gasteiger partial charge in [-0.25, -0.2) is 13.6 Å². The smallest absolute Gasteiger partial charge is 0.328 e. The molecule has 108 valence electrons. The van der Waals surface area contributed by atoms with Crippen molar-refractivity contribution in [2.45, 2.75) is 0 Å². The lowest BCUT2D eigenvalue weighted by atomic mass is 10.2. The highest BCUT2D eigenvalue weighted by molar-refractivity contribution is 6.32. The summed E-state index contributed by atoms with van der Waals surface area (Å²) in [5.74, 6) is -2.60. The molecule has 1 N–H and O–H groups in total. The Kier molecular flexibility index (Phi) is 4.55. The molecular formula is C15H9ClF2O3. The summed E-state index contributed by atoms with van der Waals surface area (Å²) < 4.78 is 31.7. The molecule has 0 saturated carbocycles. The van der Waals surface area contributed by atoms with E-state index in [-0.39, 0.29) is 16.5 Å². The minimum absolute atomic E-state index is 0.133. The van der Waals surface area contributed by atoms with Gasteiger partial charge in [0.2, 0.25) is 0 Å². The summed E-state index contributed by atoms with van der Waals surface area (Å²) in [6.45, 7) is 0. The van der Waals surface area contributed by atoms with Gasteiger partial charge in [-0.3, -0.25) is 0 Å². The number of aliphatic carboxylic acids is 1. The average molecular weight is 311 g/mol. The topological polar surface area (TPSA) is 46.5 Å². The van der Waals surface area contributed by atoms with Gasteiger partial charge < -0.3 is 9.84 Å². The first kappa shape index (κ1) is 15.0. The Balaban J connectivity index is 2.25. The fourth-order valence-electron chi connectivity index (χ4n) is 1.54. The predicted octanol–water partition coefficient (Wildman–Crippen LogP) is 4.51. The fourth-order valence-corrected chi connectivity index (χ4v) is 1.77. The molecule has 3 nitrogen and oxygen atoms in total.